The zero-order valence-electron chi connectivity index (χ0n) is 17.0. The molecule has 1 aliphatic carbocycles. The van der Waals surface area contributed by atoms with Crippen LogP contribution in [0.3, 0.4) is 0 Å². The van der Waals surface area contributed by atoms with E-state index in [4.69, 9.17) is 0 Å². The molecule has 1 aliphatic heterocycles. The van der Waals surface area contributed by atoms with Gasteiger partial charge < -0.3 is 10.2 Å². The number of nitrogens with one attached hydrogen (secondary N) is 1. The topological polar surface area (TPSA) is 67.2 Å². The Morgan fingerprint density at radius 1 is 0.931 bits per heavy atom. The van der Waals surface area contributed by atoms with Gasteiger partial charge in [-0.2, -0.15) is 5.10 Å². The zero-order chi connectivity index (χ0) is 20.1. The van der Waals surface area contributed by atoms with Crippen molar-refractivity contribution >= 4 is 11.6 Å². The first-order chi connectivity index (χ1) is 14.2. The number of carbonyl (C=O) groups excluding carboxylic acids is 1. The van der Waals surface area contributed by atoms with Gasteiger partial charge in [0.2, 0.25) is 5.91 Å². The van der Waals surface area contributed by atoms with Gasteiger partial charge in [0.05, 0.1) is 5.69 Å². The summed E-state index contributed by atoms with van der Waals surface area (Å²) in [5.41, 5.74) is 2.64. The van der Waals surface area contributed by atoms with Crippen LogP contribution >= 0.6 is 0 Å². The quantitative estimate of drug-likeness (QED) is 0.845. The molecule has 1 saturated carbocycles. The highest BCUT2D eigenvalue weighted by atomic mass is 16.2. The summed E-state index contributed by atoms with van der Waals surface area (Å²) < 4.78 is 1.27. The van der Waals surface area contributed by atoms with E-state index in [-0.39, 0.29) is 24.1 Å². The van der Waals surface area contributed by atoms with Crippen molar-refractivity contribution in [3.05, 3.63) is 46.8 Å². The second kappa shape index (κ2) is 9.25. The lowest BCUT2D eigenvalue weighted by molar-refractivity contribution is -0.122. The van der Waals surface area contributed by atoms with Crippen molar-refractivity contribution in [2.24, 2.45) is 0 Å². The van der Waals surface area contributed by atoms with Crippen molar-refractivity contribution in [2.45, 2.75) is 64.0 Å². The molecular weight excluding hydrogens is 364 g/mol. The Morgan fingerprint density at radius 3 is 2.34 bits per heavy atom. The second-order valence-electron chi connectivity index (χ2n) is 8.21. The van der Waals surface area contributed by atoms with Gasteiger partial charge in [0, 0.05) is 36.4 Å². The number of aromatic nitrogens is 2. The molecule has 29 heavy (non-hydrogen) atoms. The molecule has 1 N–H and O–H groups in total. The molecule has 6 nitrogen and oxygen atoms in total. The average Bonchev–Trinajstić information content (AvgIpc) is 2.77. The minimum absolute atomic E-state index is 0.0327. The maximum Gasteiger partial charge on any atom is 0.267 e. The summed E-state index contributed by atoms with van der Waals surface area (Å²) >= 11 is 0. The first-order valence-corrected chi connectivity index (χ1v) is 10.9. The number of amides is 1. The molecule has 154 valence electrons. The molecule has 0 spiro atoms. The Labute approximate surface area is 171 Å². The number of benzene rings is 1. The number of hydrogen-bond acceptors (Lipinski definition) is 4. The zero-order valence-corrected chi connectivity index (χ0v) is 17.0. The van der Waals surface area contributed by atoms with E-state index in [0.29, 0.717) is 5.69 Å². The lowest BCUT2D eigenvalue weighted by atomic mass is 9.95. The Kier molecular flexibility index (Phi) is 6.27. The molecule has 4 rings (SSSR count). The summed E-state index contributed by atoms with van der Waals surface area (Å²) in [6, 6.07) is 11.8. The number of anilines is 1. The second-order valence-corrected chi connectivity index (χ2v) is 8.21. The van der Waals surface area contributed by atoms with Crippen LogP contribution in [0.1, 0.15) is 51.4 Å². The lowest BCUT2D eigenvalue weighted by Gasteiger charge is -2.28. The fraction of sp³-hybridized carbons (Fsp3) is 0.522. The molecular formula is C23H30N4O2. The van der Waals surface area contributed by atoms with E-state index in [9.17, 15) is 9.59 Å². The van der Waals surface area contributed by atoms with E-state index < -0.39 is 0 Å². The predicted molar refractivity (Wildman–Crippen MR) is 115 cm³/mol. The third kappa shape index (κ3) is 5.05. The first-order valence-electron chi connectivity index (χ1n) is 10.9. The van der Waals surface area contributed by atoms with Crippen LogP contribution in [0.2, 0.25) is 0 Å². The van der Waals surface area contributed by atoms with Crippen molar-refractivity contribution in [1.29, 1.82) is 0 Å². The van der Waals surface area contributed by atoms with Gasteiger partial charge in [-0.3, -0.25) is 9.59 Å². The minimum Gasteiger partial charge on any atom is -0.372 e. The molecule has 6 heteroatoms. The molecule has 0 bridgehead atoms. The molecule has 0 radical (unpaired) electrons. The molecule has 1 saturated heterocycles. The fourth-order valence-corrected chi connectivity index (χ4v) is 4.37. The van der Waals surface area contributed by atoms with Gasteiger partial charge in [0.1, 0.15) is 6.54 Å². The molecule has 2 fully saturated rings. The van der Waals surface area contributed by atoms with Crippen LogP contribution in [-0.4, -0.2) is 34.8 Å². The largest absolute Gasteiger partial charge is 0.372 e. The van der Waals surface area contributed by atoms with E-state index in [0.717, 1.165) is 44.3 Å². The normalized spacial score (nSPS) is 17.9. The highest BCUT2D eigenvalue weighted by molar-refractivity contribution is 5.76. The van der Waals surface area contributed by atoms with E-state index >= 15 is 0 Å². The van der Waals surface area contributed by atoms with E-state index in [1.165, 1.54) is 42.1 Å². The fourth-order valence-electron chi connectivity index (χ4n) is 4.37. The molecule has 1 aromatic carbocycles. The van der Waals surface area contributed by atoms with Gasteiger partial charge in [-0.15, -0.1) is 0 Å². The van der Waals surface area contributed by atoms with Crippen LogP contribution in [0.5, 0.6) is 0 Å². The monoisotopic (exact) mass is 394 g/mol. The number of piperidine rings is 1. The first kappa shape index (κ1) is 19.7. The number of carbonyl (C=O) groups is 1. The van der Waals surface area contributed by atoms with Crippen molar-refractivity contribution < 1.29 is 4.79 Å². The smallest absolute Gasteiger partial charge is 0.267 e. The maximum absolute atomic E-state index is 12.4. The van der Waals surface area contributed by atoms with Gasteiger partial charge in [0.15, 0.2) is 0 Å². The molecule has 1 amide bonds. The molecule has 1 aromatic heterocycles. The Bertz CT molecular complexity index is 878. The SMILES string of the molecule is O=C(Cn1nc(-c2ccc(N3CCCCC3)cc2)ccc1=O)NC1CCCCC1. The molecule has 2 heterocycles. The summed E-state index contributed by atoms with van der Waals surface area (Å²) in [7, 11) is 0. The summed E-state index contributed by atoms with van der Waals surface area (Å²) in [5, 5.41) is 7.50. The maximum atomic E-state index is 12.4. The molecule has 2 aliphatic rings. The summed E-state index contributed by atoms with van der Waals surface area (Å²) in [5.74, 6) is -0.135. The van der Waals surface area contributed by atoms with E-state index in [1.807, 2.05) is 12.1 Å². The van der Waals surface area contributed by atoms with E-state index in [1.54, 1.807) is 6.07 Å². The number of nitrogens with zero attached hydrogens (tertiary/aromatic N) is 3. The summed E-state index contributed by atoms with van der Waals surface area (Å²) in [6.07, 6.45) is 9.42. The Hall–Kier alpha value is -2.63. The van der Waals surface area contributed by atoms with Crippen LogP contribution in [0.25, 0.3) is 11.3 Å². The van der Waals surface area contributed by atoms with Crippen molar-refractivity contribution in [3.8, 4) is 11.3 Å². The van der Waals surface area contributed by atoms with Crippen molar-refractivity contribution in [2.75, 3.05) is 18.0 Å². The van der Waals surface area contributed by atoms with Crippen LogP contribution in [0.4, 0.5) is 5.69 Å². The van der Waals surface area contributed by atoms with E-state index in [2.05, 4.69) is 27.4 Å². The van der Waals surface area contributed by atoms with Crippen LogP contribution in [0, 0.1) is 0 Å². The summed E-state index contributed by atoms with van der Waals surface area (Å²) in [6.45, 7) is 2.19. The van der Waals surface area contributed by atoms with Gasteiger partial charge >= 0.3 is 0 Å². The third-order valence-corrected chi connectivity index (χ3v) is 6.01. The van der Waals surface area contributed by atoms with Crippen molar-refractivity contribution in [3.63, 3.8) is 0 Å². The lowest BCUT2D eigenvalue weighted by Crippen LogP contribution is -2.40. The molecule has 2 aromatic rings. The number of hydrogen-bond donors (Lipinski definition) is 1. The molecule has 0 atom stereocenters. The van der Waals surface area contributed by atoms with Crippen LogP contribution < -0.4 is 15.8 Å². The highest BCUT2D eigenvalue weighted by Crippen LogP contribution is 2.23. The van der Waals surface area contributed by atoms with Gasteiger partial charge in [-0.05, 0) is 50.3 Å². The minimum atomic E-state index is -0.252. The number of rotatable bonds is 5. The highest BCUT2D eigenvalue weighted by Gasteiger charge is 2.17. The van der Waals surface area contributed by atoms with Gasteiger partial charge in [-0.1, -0.05) is 31.4 Å². The Balaban J connectivity index is 1.44. The van der Waals surface area contributed by atoms with Gasteiger partial charge in [-0.25, -0.2) is 4.68 Å². The third-order valence-electron chi connectivity index (χ3n) is 6.01. The Morgan fingerprint density at radius 2 is 1.62 bits per heavy atom. The van der Waals surface area contributed by atoms with Crippen LogP contribution in [-0.2, 0) is 11.3 Å². The predicted octanol–water partition coefficient (Wildman–Crippen LogP) is 3.35. The standard InChI is InChI=1S/C23H30N4O2/c28-22(24-19-7-3-1-4-8-19)17-27-23(29)14-13-21(25-27)18-9-11-20(12-10-18)26-15-5-2-6-16-26/h9-14,19H,1-8,15-17H2,(H,24,28). The van der Waals surface area contributed by atoms with Crippen molar-refractivity contribution in [1.82, 2.24) is 15.1 Å². The average molecular weight is 395 g/mol. The van der Waals surface area contributed by atoms with Gasteiger partial charge in [0.25, 0.3) is 5.56 Å². The summed E-state index contributed by atoms with van der Waals surface area (Å²) in [4.78, 5) is 27.0. The van der Waals surface area contributed by atoms with Crippen LogP contribution in [0.15, 0.2) is 41.2 Å². The molecule has 0 unspecified atom stereocenters.